The normalized spacial score (nSPS) is 14.0. The summed E-state index contributed by atoms with van der Waals surface area (Å²) in [5.41, 5.74) is 9.95. The van der Waals surface area contributed by atoms with E-state index in [1.54, 1.807) is 0 Å². The Kier molecular flexibility index (Phi) is 4.44. The largest absolute Gasteiger partial charge is 0.465 e. The Morgan fingerprint density at radius 1 is 0.788 bits per heavy atom. The quantitative estimate of drug-likeness (QED) is 0.404. The average molecular weight is 429 g/mol. The Bertz CT molecular complexity index is 1570. The molecule has 3 aliphatic rings. The summed E-state index contributed by atoms with van der Waals surface area (Å²) in [5.74, 6) is -0.338. The first-order chi connectivity index (χ1) is 16.3. The molecule has 33 heavy (non-hydrogen) atoms. The number of rotatable bonds is 3. The zero-order chi connectivity index (χ0) is 22.4. The van der Waals surface area contributed by atoms with Crippen molar-refractivity contribution in [3.63, 3.8) is 0 Å². The molecule has 4 nitrogen and oxygen atoms in total. The Morgan fingerprint density at radius 3 is 2.33 bits per heavy atom. The number of benzene rings is 2. The molecule has 4 heteroatoms. The lowest BCUT2D eigenvalue weighted by Crippen LogP contribution is -2.58. The van der Waals surface area contributed by atoms with Crippen LogP contribution in [0.1, 0.15) is 27.0 Å². The van der Waals surface area contributed by atoms with Crippen LogP contribution >= 0.6 is 0 Å². The molecule has 2 aliphatic carbocycles. The van der Waals surface area contributed by atoms with Gasteiger partial charge in [-0.2, -0.15) is 0 Å². The molecule has 0 spiro atoms. The minimum absolute atomic E-state index is 0.338. The molecule has 1 aliphatic heterocycles. The maximum absolute atomic E-state index is 12.7. The van der Waals surface area contributed by atoms with Gasteiger partial charge in [-0.05, 0) is 34.9 Å². The number of H-pyrrole nitrogens is 1. The topological polar surface area (TPSA) is 56.1 Å². The molecule has 0 radical (unpaired) electrons. The molecule has 0 bridgehead atoms. The summed E-state index contributed by atoms with van der Waals surface area (Å²) < 4.78 is 5.13. The zero-order valence-corrected chi connectivity index (χ0v) is 18.1. The molecule has 0 amide bonds. The number of methoxy groups -OCH3 is 1. The second-order valence-electron chi connectivity index (χ2n) is 8.07. The van der Waals surface area contributed by atoms with Crippen LogP contribution in [0.4, 0.5) is 5.69 Å². The first kappa shape index (κ1) is 19.3. The van der Waals surface area contributed by atoms with Gasteiger partial charge in [-0.3, -0.25) is 0 Å². The maximum atomic E-state index is 12.7. The Labute approximate surface area is 191 Å². The molecule has 0 fully saturated rings. The van der Waals surface area contributed by atoms with Crippen molar-refractivity contribution >= 4 is 39.9 Å². The predicted molar refractivity (Wildman–Crippen MR) is 132 cm³/mol. The van der Waals surface area contributed by atoms with E-state index in [9.17, 15) is 4.79 Å². The van der Waals surface area contributed by atoms with Crippen LogP contribution in [0.2, 0.25) is 0 Å². The van der Waals surface area contributed by atoms with Crippen LogP contribution in [0, 0.1) is 0 Å². The molecule has 3 aromatic rings. The lowest BCUT2D eigenvalue weighted by Gasteiger charge is -2.11. The smallest absolute Gasteiger partial charge is 0.338 e. The summed E-state index contributed by atoms with van der Waals surface area (Å²) in [5, 5.41) is 1.13. The van der Waals surface area contributed by atoms with E-state index in [0.29, 0.717) is 5.56 Å². The van der Waals surface area contributed by atoms with Gasteiger partial charge in [0.25, 0.3) is 0 Å². The van der Waals surface area contributed by atoms with E-state index >= 15 is 0 Å². The van der Waals surface area contributed by atoms with E-state index in [1.807, 2.05) is 42.5 Å². The number of aromatic amines is 1. The van der Waals surface area contributed by atoms with Crippen molar-refractivity contribution < 1.29 is 14.5 Å². The van der Waals surface area contributed by atoms with E-state index in [4.69, 9.17) is 4.74 Å². The number of nitrogens with one attached hydrogen (secondary N) is 2. The van der Waals surface area contributed by atoms with Gasteiger partial charge in [-0.25, -0.2) is 9.79 Å². The fraction of sp³-hybridized carbons (Fsp3) is 0.0345. The molecule has 2 aromatic carbocycles. The van der Waals surface area contributed by atoms with Gasteiger partial charge in [0.2, 0.25) is 5.69 Å². The molecule has 158 valence electrons. The second-order valence-corrected chi connectivity index (χ2v) is 8.07. The lowest BCUT2D eigenvalue weighted by molar-refractivity contribution is -0.342. The highest BCUT2D eigenvalue weighted by molar-refractivity contribution is 6.26. The van der Waals surface area contributed by atoms with Crippen molar-refractivity contribution in [1.82, 2.24) is 4.98 Å². The first-order valence-corrected chi connectivity index (χ1v) is 10.9. The summed E-state index contributed by atoms with van der Waals surface area (Å²) in [4.78, 5) is 19.6. The summed E-state index contributed by atoms with van der Waals surface area (Å²) >= 11 is 0. The van der Waals surface area contributed by atoms with Crippen LogP contribution in [-0.4, -0.2) is 24.3 Å². The summed E-state index contributed by atoms with van der Waals surface area (Å²) in [6.45, 7) is 0. The third-order valence-corrected chi connectivity index (χ3v) is 6.30. The van der Waals surface area contributed by atoms with Crippen LogP contribution in [0.3, 0.4) is 0 Å². The molecule has 0 atom stereocenters. The minimum Gasteiger partial charge on any atom is -0.465 e. The monoisotopic (exact) mass is 429 g/mol. The van der Waals surface area contributed by atoms with Crippen molar-refractivity contribution in [2.45, 2.75) is 0 Å². The number of carbonyl (C=O) groups is 1. The number of carbonyl (C=O) groups excluding carboxylic acids is 1. The number of aromatic nitrogens is 1. The average Bonchev–Trinajstić information content (AvgIpc) is 3.51. The molecule has 0 unspecified atom stereocenters. The SMILES string of the molecule is COC(=O)c1cc(/C(=C2\C=[NH+]c3ccccc32)c2c[nH]c3ccccc23)c2cccccc1-2. The highest BCUT2D eigenvalue weighted by atomic mass is 16.5. The standard InChI is InChI=1S/C29H20N2O2/c1-33-29(32)23-15-22(18-9-3-2-4-10-19(18)23)28(24-16-30-26-13-7-5-11-20(24)26)25-17-31-27-14-8-6-12-21(25)27/h2-17,30H,1H3/p+1/b28-25-. The van der Waals surface area contributed by atoms with Crippen molar-refractivity contribution in [3.05, 3.63) is 113 Å². The fourth-order valence-corrected chi connectivity index (χ4v) is 4.79. The molecule has 6 rings (SSSR count). The summed E-state index contributed by atoms with van der Waals surface area (Å²) in [7, 11) is 1.42. The summed E-state index contributed by atoms with van der Waals surface area (Å²) in [6.07, 6.45) is 4.11. The van der Waals surface area contributed by atoms with Gasteiger partial charge in [0.1, 0.15) is 0 Å². The maximum Gasteiger partial charge on any atom is 0.338 e. The molecular formula is C29H21N2O2+. The van der Waals surface area contributed by atoms with E-state index < -0.39 is 0 Å². The van der Waals surface area contributed by atoms with Gasteiger partial charge in [0, 0.05) is 34.3 Å². The Balaban J connectivity index is 1.74. The summed E-state index contributed by atoms with van der Waals surface area (Å²) in [6, 6.07) is 28.5. The molecular weight excluding hydrogens is 408 g/mol. The highest BCUT2D eigenvalue weighted by Crippen LogP contribution is 2.44. The van der Waals surface area contributed by atoms with Gasteiger partial charge in [0.05, 0.1) is 23.8 Å². The van der Waals surface area contributed by atoms with Crippen molar-refractivity contribution in [3.8, 4) is 11.1 Å². The second kappa shape index (κ2) is 7.61. The number of hydrogen-bond donors (Lipinski definition) is 2. The minimum atomic E-state index is -0.338. The van der Waals surface area contributed by atoms with E-state index in [0.717, 1.165) is 55.6 Å². The van der Waals surface area contributed by atoms with Crippen molar-refractivity contribution in [1.29, 1.82) is 0 Å². The Morgan fingerprint density at radius 2 is 1.48 bits per heavy atom. The van der Waals surface area contributed by atoms with Gasteiger partial charge in [-0.15, -0.1) is 0 Å². The first-order valence-electron chi connectivity index (χ1n) is 10.9. The van der Waals surface area contributed by atoms with Gasteiger partial charge in [0.15, 0.2) is 6.21 Å². The number of esters is 1. The number of ether oxygens (including phenoxy) is 1. The predicted octanol–water partition coefficient (Wildman–Crippen LogP) is 4.81. The molecule has 1 aromatic heterocycles. The number of para-hydroxylation sites is 2. The third kappa shape index (κ3) is 2.99. The molecule has 2 heterocycles. The Hall–Kier alpha value is -4.44. The van der Waals surface area contributed by atoms with E-state index in [1.165, 1.54) is 7.11 Å². The van der Waals surface area contributed by atoms with Gasteiger partial charge < -0.3 is 9.72 Å². The zero-order valence-electron chi connectivity index (χ0n) is 18.1. The highest BCUT2D eigenvalue weighted by Gasteiger charge is 2.29. The van der Waals surface area contributed by atoms with Gasteiger partial charge >= 0.3 is 5.97 Å². The van der Waals surface area contributed by atoms with E-state index in [-0.39, 0.29) is 5.97 Å². The molecule has 0 saturated carbocycles. The lowest BCUT2D eigenvalue weighted by atomic mass is 9.89. The van der Waals surface area contributed by atoms with E-state index in [2.05, 4.69) is 64.9 Å². The number of hydrogen-bond acceptors (Lipinski definition) is 2. The van der Waals surface area contributed by atoms with Crippen molar-refractivity contribution in [2.24, 2.45) is 0 Å². The fourth-order valence-electron chi connectivity index (χ4n) is 4.79. The van der Waals surface area contributed by atoms with Crippen LogP contribution in [0.5, 0.6) is 0 Å². The van der Waals surface area contributed by atoms with Crippen LogP contribution in [0.15, 0.2) is 91.1 Å². The van der Waals surface area contributed by atoms with Crippen molar-refractivity contribution in [2.75, 3.05) is 7.11 Å². The number of fused-ring (bicyclic) bond motifs is 3. The van der Waals surface area contributed by atoms with Crippen LogP contribution in [-0.2, 0) is 4.74 Å². The molecule has 2 N–H and O–H groups in total. The third-order valence-electron chi connectivity index (χ3n) is 6.30. The number of allylic oxidation sites excluding steroid dienone is 1. The molecule has 0 saturated heterocycles. The van der Waals surface area contributed by atoms with Crippen LogP contribution < -0.4 is 4.99 Å². The van der Waals surface area contributed by atoms with Crippen LogP contribution in [0.25, 0.3) is 33.2 Å². The van der Waals surface area contributed by atoms with Gasteiger partial charge in [-0.1, -0.05) is 60.7 Å².